The van der Waals surface area contributed by atoms with Crippen LogP contribution in [0.1, 0.15) is 86.0 Å². The number of pyridine rings is 1. The minimum atomic E-state index is -0.427. The number of nitriles is 3. The van der Waals surface area contributed by atoms with E-state index in [1.807, 2.05) is 37.4 Å². The molecule has 1 unspecified atom stereocenters. The normalized spacial score (nSPS) is 16.2. The van der Waals surface area contributed by atoms with E-state index in [2.05, 4.69) is 69.6 Å². The average molecular weight is 556 g/mol. The Balaban J connectivity index is 1.47. The molecule has 2 aliphatic rings. The molecule has 2 fully saturated rings. The summed E-state index contributed by atoms with van der Waals surface area (Å²) in [4.78, 5) is 4.49. The average Bonchev–Trinajstić information content (AvgIpc) is 3.91. The van der Waals surface area contributed by atoms with Crippen molar-refractivity contribution in [2.45, 2.75) is 65.0 Å². The van der Waals surface area contributed by atoms with Crippen molar-refractivity contribution in [3.63, 3.8) is 0 Å². The molecule has 9 nitrogen and oxygen atoms in total. The molecule has 2 aromatic heterocycles. The molecule has 6 rings (SSSR count). The molecule has 0 amide bonds. The summed E-state index contributed by atoms with van der Waals surface area (Å²) in [6, 6.07) is 15.8. The first-order chi connectivity index (χ1) is 20.2. The van der Waals surface area contributed by atoms with Crippen LogP contribution in [0.3, 0.4) is 0 Å². The van der Waals surface area contributed by atoms with Crippen molar-refractivity contribution in [3.05, 3.63) is 76.2 Å². The van der Waals surface area contributed by atoms with Gasteiger partial charge in [0.15, 0.2) is 0 Å². The number of nitrogens with zero attached hydrogens (tertiary/aromatic N) is 7. The summed E-state index contributed by atoms with van der Waals surface area (Å²) in [6.07, 6.45) is 8.27. The highest BCUT2D eigenvalue weighted by atomic mass is 15.5. The predicted octanol–water partition coefficient (Wildman–Crippen LogP) is 6.31. The topological polar surface area (TPSA) is 139 Å². The first-order valence-corrected chi connectivity index (χ1v) is 14.4. The summed E-state index contributed by atoms with van der Waals surface area (Å²) in [6.45, 7) is 8.93. The fraction of sp³-hybridized carbons (Fsp3) is 0.394. The summed E-state index contributed by atoms with van der Waals surface area (Å²) < 4.78 is 2.05. The molecule has 9 heteroatoms. The van der Waals surface area contributed by atoms with Gasteiger partial charge in [-0.05, 0) is 73.3 Å². The fourth-order valence-electron chi connectivity index (χ4n) is 5.87. The van der Waals surface area contributed by atoms with Crippen LogP contribution in [0.2, 0.25) is 0 Å². The molecule has 0 bridgehead atoms. The SMILES string of the molecule is Cc1c(C#N)cccc1C(Nc1cc(C#N)c2ncc(C#N)c(NCC(C)(C)C)c2c1)c1cn(C2(C3CC3)CC2)nn1. The Morgan fingerprint density at radius 3 is 2.43 bits per heavy atom. The molecule has 0 radical (unpaired) electrons. The van der Waals surface area contributed by atoms with Crippen molar-refractivity contribution < 1.29 is 0 Å². The van der Waals surface area contributed by atoms with E-state index in [1.54, 1.807) is 6.07 Å². The predicted molar refractivity (Wildman–Crippen MR) is 160 cm³/mol. The molecule has 210 valence electrons. The molecule has 42 heavy (non-hydrogen) atoms. The summed E-state index contributed by atoms with van der Waals surface area (Å²) in [5, 5.41) is 46.8. The zero-order valence-corrected chi connectivity index (χ0v) is 24.4. The minimum absolute atomic E-state index is 0.0319. The number of anilines is 2. The van der Waals surface area contributed by atoms with Gasteiger partial charge >= 0.3 is 0 Å². The van der Waals surface area contributed by atoms with Gasteiger partial charge in [0.1, 0.15) is 17.8 Å². The zero-order chi connectivity index (χ0) is 29.6. The molecule has 2 saturated carbocycles. The number of hydrogen-bond acceptors (Lipinski definition) is 8. The maximum atomic E-state index is 10.1. The number of fused-ring (bicyclic) bond motifs is 1. The Hall–Kier alpha value is -4.94. The number of aromatic nitrogens is 4. The van der Waals surface area contributed by atoms with E-state index in [0.29, 0.717) is 51.4 Å². The van der Waals surface area contributed by atoms with Crippen LogP contribution in [0.25, 0.3) is 10.9 Å². The molecular formula is C33H33N9. The lowest BCUT2D eigenvalue weighted by Crippen LogP contribution is -2.20. The Morgan fingerprint density at radius 1 is 1.05 bits per heavy atom. The largest absolute Gasteiger partial charge is 0.383 e. The quantitative estimate of drug-likeness (QED) is 0.258. The molecule has 2 N–H and O–H groups in total. The van der Waals surface area contributed by atoms with E-state index >= 15 is 0 Å². The number of hydrogen-bond donors (Lipinski definition) is 2. The molecule has 4 aromatic rings. The number of benzene rings is 2. The number of nitrogens with one attached hydrogen (secondary N) is 2. The van der Waals surface area contributed by atoms with Crippen molar-refractivity contribution in [2.24, 2.45) is 11.3 Å². The van der Waals surface area contributed by atoms with Gasteiger partial charge in [0, 0.05) is 23.8 Å². The maximum absolute atomic E-state index is 10.1. The van der Waals surface area contributed by atoms with Crippen LogP contribution < -0.4 is 10.6 Å². The van der Waals surface area contributed by atoms with Crippen molar-refractivity contribution in [1.29, 1.82) is 15.8 Å². The van der Waals surface area contributed by atoms with E-state index in [0.717, 1.165) is 29.7 Å². The minimum Gasteiger partial charge on any atom is -0.383 e. The van der Waals surface area contributed by atoms with Gasteiger partial charge in [-0.2, -0.15) is 15.8 Å². The molecule has 2 aromatic carbocycles. The summed E-state index contributed by atoms with van der Waals surface area (Å²) in [5.74, 6) is 0.668. The van der Waals surface area contributed by atoms with Gasteiger partial charge in [0.2, 0.25) is 0 Å². The molecule has 0 aliphatic heterocycles. The second kappa shape index (κ2) is 10.2. The molecule has 0 saturated heterocycles. The van der Waals surface area contributed by atoms with Crippen molar-refractivity contribution in [3.8, 4) is 18.2 Å². The van der Waals surface area contributed by atoms with Crippen LogP contribution in [0.4, 0.5) is 11.4 Å². The van der Waals surface area contributed by atoms with E-state index in [9.17, 15) is 15.8 Å². The highest BCUT2D eigenvalue weighted by Crippen LogP contribution is 2.59. The standard InChI is InChI=1S/C33H33N9/c1-20-21(14-34)6-5-7-26(20)31(28-18-42(41-40-28)33(10-11-33)24-8-9-24)39-25-12-22(15-35)29-27(13-25)30(23(16-36)17-37-29)38-19-32(2,3)4/h5-7,12-13,17-18,24,31,39H,8-11,19H2,1-4H3,(H,37,38). The van der Waals surface area contributed by atoms with E-state index in [-0.39, 0.29) is 11.0 Å². The van der Waals surface area contributed by atoms with Crippen LogP contribution in [-0.2, 0) is 5.54 Å². The Bertz CT molecular complexity index is 1820. The van der Waals surface area contributed by atoms with Gasteiger partial charge in [-0.15, -0.1) is 5.10 Å². The third-order valence-electron chi connectivity index (χ3n) is 8.49. The van der Waals surface area contributed by atoms with Crippen molar-refractivity contribution in [2.75, 3.05) is 17.2 Å². The highest BCUT2D eigenvalue weighted by Gasteiger charge is 2.56. The smallest absolute Gasteiger partial charge is 0.110 e. The monoisotopic (exact) mass is 555 g/mol. The van der Waals surface area contributed by atoms with Crippen LogP contribution >= 0.6 is 0 Å². The molecule has 2 aliphatic carbocycles. The molecule has 2 heterocycles. The lowest BCUT2D eigenvalue weighted by Gasteiger charge is -2.23. The van der Waals surface area contributed by atoms with E-state index in [1.165, 1.54) is 19.0 Å². The molecule has 1 atom stereocenters. The third kappa shape index (κ3) is 4.91. The van der Waals surface area contributed by atoms with E-state index < -0.39 is 6.04 Å². The summed E-state index contributed by atoms with van der Waals surface area (Å²) >= 11 is 0. The van der Waals surface area contributed by atoms with Crippen molar-refractivity contribution >= 4 is 22.3 Å². The Labute approximate surface area is 245 Å². The van der Waals surface area contributed by atoms with Crippen LogP contribution in [0.5, 0.6) is 0 Å². The third-order valence-corrected chi connectivity index (χ3v) is 8.49. The van der Waals surface area contributed by atoms with Gasteiger partial charge in [0.25, 0.3) is 0 Å². The van der Waals surface area contributed by atoms with Gasteiger partial charge < -0.3 is 10.6 Å². The highest BCUT2D eigenvalue weighted by molar-refractivity contribution is 5.99. The second-order valence-corrected chi connectivity index (χ2v) is 12.8. The van der Waals surface area contributed by atoms with Crippen molar-refractivity contribution in [1.82, 2.24) is 20.0 Å². The Kier molecular flexibility index (Phi) is 6.59. The van der Waals surface area contributed by atoms with Gasteiger partial charge in [-0.25, -0.2) is 4.68 Å². The molecule has 0 spiro atoms. The number of rotatable bonds is 8. The van der Waals surface area contributed by atoms with Crippen LogP contribution in [-0.4, -0.2) is 26.5 Å². The Morgan fingerprint density at radius 2 is 1.79 bits per heavy atom. The van der Waals surface area contributed by atoms with Gasteiger partial charge in [-0.3, -0.25) is 4.98 Å². The summed E-state index contributed by atoms with van der Waals surface area (Å²) in [7, 11) is 0. The lowest BCUT2D eigenvalue weighted by atomic mass is 9.94. The second-order valence-electron chi connectivity index (χ2n) is 12.8. The molecular weight excluding hydrogens is 522 g/mol. The maximum Gasteiger partial charge on any atom is 0.110 e. The van der Waals surface area contributed by atoms with Gasteiger partial charge in [-0.1, -0.05) is 38.1 Å². The first kappa shape index (κ1) is 27.2. The van der Waals surface area contributed by atoms with Crippen LogP contribution in [0, 0.1) is 52.2 Å². The first-order valence-electron chi connectivity index (χ1n) is 14.4. The lowest BCUT2D eigenvalue weighted by molar-refractivity contribution is 0.371. The zero-order valence-electron chi connectivity index (χ0n) is 24.4. The van der Waals surface area contributed by atoms with E-state index in [4.69, 9.17) is 0 Å². The fourth-order valence-corrected chi connectivity index (χ4v) is 5.87. The van der Waals surface area contributed by atoms with Gasteiger partial charge in [0.05, 0.1) is 51.7 Å². The van der Waals surface area contributed by atoms with Crippen LogP contribution in [0.15, 0.2) is 42.7 Å². The summed E-state index contributed by atoms with van der Waals surface area (Å²) in [5.41, 5.74) is 5.84.